The molecule has 3 rings (SSSR count). The van der Waals surface area contributed by atoms with Gasteiger partial charge in [-0.25, -0.2) is 5.43 Å². The molecule has 0 saturated carbocycles. The van der Waals surface area contributed by atoms with Gasteiger partial charge in [-0.1, -0.05) is 30.3 Å². The maximum Gasteiger partial charge on any atom is 0.260 e. The van der Waals surface area contributed by atoms with Crippen LogP contribution in [0.2, 0.25) is 0 Å². The Morgan fingerprint density at radius 1 is 1.24 bits per heavy atom. The summed E-state index contributed by atoms with van der Waals surface area (Å²) in [6.45, 7) is 4.29. The number of carbonyl (C=O) groups is 2. The lowest BCUT2D eigenvalue weighted by atomic mass is 9.94. The quantitative estimate of drug-likeness (QED) is 0.591. The number of benzene rings is 1. The molecule has 2 heterocycles. The van der Waals surface area contributed by atoms with E-state index >= 15 is 0 Å². The van der Waals surface area contributed by atoms with E-state index < -0.39 is 0 Å². The maximum absolute atomic E-state index is 12.4. The molecule has 25 heavy (non-hydrogen) atoms. The van der Waals surface area contributed by atoms with E-state index in [1.165, 1.54) is 0 Å². The van der Waals surface area contributed by atoms with Crippen molar-refractivity contribution in [2.24, 2.45) is 5.92 Å². The Balaban J connectivity index is 1.55. The number of hydrogen-bond acceptors (Lipinski definition) is 5. The molecule has 1 aromatic heterocycles. The standard InChI is InChI=1S/C17H22N6O2/c1-11-8-12(2)23(22-11)10-15(24)19-21-17(25)14-9-18-20-16(14)13-6-4-3-5-7-13/h3-8,14,16,18,20H,9-10H2,1-2H3,(H,19,24)(H,21,25). The summed E-state index contributed by atoms with van der Waals surface area (Å²) in [5.41, 5.74) is 13.8. The van der Waals surface area contributed by atoms with Crippen LogP contribution >= 0.6 is 0 Å². The third-order valence-corrected chi connectivity index (χ3v) is 4.20. The molecule has 0 bridgehead atoms. The number of nitrogens with zero attached hydrogens (tertiary/aromatic N) is 2. The molecule has 1 fully saturated rings. The molecule has 0 radical (unpaired) electrons. The average Bonchev–Trinajstić information content (AvgIpc) is 3.20. The molecule has 132 valence electrons. The van der Waals surface area contributed by atoms with E-state index in [-0.39, 0.29) is 30.3 Å². The number of carbonyl (C=O) groups excluding carboxylic acids is 2. The number of hydrazine groups is 2. The fourth-order valence-electron chi connectivity index (χ4n) is 2.95. The van der Waals surface area contributed by atoms with Crippen LogP contribution < -0.4 is 21.7 Å². The zero-order valence-electron chi connectivity index (χ0n) is 14.2. The van der Waals surface area contributed by atoms with Crippen molar-refractivity contribution >= 4 is 11.8 Å². The normalized spacial score (nSPS) is 19.6. The number of aryl methyl sites for hydroxylation is 2. The van der Waals surface area contributed by atoms with Gasteiger partial charge in [-0.2, -0.15) is 5.10 Å². The lowest BCUT2D eigenvalue weighted by molar-refractivity contribution is -0.131. The van der Waals surface area contributed by atoms with Crippen LogP contribution in [-0.4, -0.2) is 28.1 Å². The molecule has 1 aliphatic heterocycles. The van der Waals surface area contributed by atoms with Crippen LogP contribution in [0.15, 0.2) is 36.4 Å². The first-order valence-electron chi connectivity index (χ1n) is 8.17. The molecule has 8 nitrogen and oxygen atoms in total. The molecule has 2 aromatic rings. The smallest absolute Gasteiger partial charge is 0.260 e. The highest BCUT2D eigenvalue weighted by Gasteiger charge is 2.34. The second-order valence-electron chi connectivity index (χ2n) is 6.14. The fourth-order valence-corrected chi connectivity index (χ4v) is 2.95. The van der Waals surface area contributed by atoms with Crippen molar-refractivity contribution in [3.63, 3.8) is 0 Å². The number of amides is 2. The van der Waals surface area contributed by atoms with Crippen LogP contribution in [0.1, 0.15) is 23.0 Å². The average molecular weight is 342 g/mol. The van der Waals surface area contributed by atoms with E-state index in [2.05, 4.69) is 26.8 Å². The van der Waals surface area contributed by atoms with Gasteiger partial charge in [-0.15, -0.1) is 0 Å². The SMILES string of the molecule is Cc1cc(C)n(CC(=O)NNC(=O)C2CNNC2c2ccccc2)n1. The number of nitrogens with one attached hydrogen (secondary N) is 4. The molecular formula is C17H22N6O2. The van der Waals surface area contributed by atoms with E-state index in [1.54, 1.807) is 4.68 Å². The van der Waals surface area contributed by atoms with Gasteiger partial charge in [-0.05, 0) is 25.5 Å². The van der Waals surface area contributed by atoms with Crippen LogP contribution in [-0.2, 0) is 16.1 Å². The zero-order valence-corrected chi connectivity index (χ0v) is 14.2. The highest BCUT2D eigenvalue weighted by Crippen LogP contribution is 2.24. The van der Waals surface area contributed by atoms with Crippen molar-refractivity contribution in [3.8, 4) is 0 Å². The first-order chi connectivity index (χ1) is 12.0. The molecule has 4 N–H and O–H groups in total. The Morgan fingerprint density at radius 2 is 2.00 bits per heavy atom. The van der Waals surface area contributed by atoms with E-state index in [1.807, 2.05) is 50.2 Å². The van der Waals surface area contributed by atoms with Crippen molar-refractivity contribution in [1.82, 2.24) is 31.5 Å². The molecule has 1 saturated heterocycles. The summed E-state index contributed by atoms with van der Waals surface area (Å²) in [5.74, 6) is -0.890. The summed E-state index contributed by atoms with van der Waals surface area (Å²) < 4.78 is 1.60. The van der Waals surface area contributed by atoms with Gasteiger partial charge in [0, 0.05) is 12.2 Å². The molecule has 8 heteroatoms. The molecule has 0 spiro atoms. The predicted octanol–water partition coefficient (Wildman–Crippen LogP) is 0.113. The Hall–Kier alpha value is -2.71. The van der Waals surface area contributed by atoms with E-state index in [9.17, 15) is 9.59 Å². The van der Waals surface area contributed by atoms with Crippen LogP contribution in [0, 0.1) is 19.8 Å². The fraction of sp³-hybridized carbons (Fsp3) is 0.353. The summed E-state index contributed by atoms with van der Waals surface area (Å²) in [7, 11) is 0. The van der Waals surface area contributed by atoms with Crippen LogP contribution in [0.3, 0.4) is 0 Å². The largest absolute Gasteiger partial charge is 0.273 e. The Labute approximate surface area is 145 Å². The Kier molecular flexibility index (Phi) is 5.11. The predicted molar refractivity (Wildman–Crippen MR) is 91.8 cm³/mol. The number of aromatic nitrogens is 2. The van der Waals surface area contributed by atoms with Gasteiger partial charge in [0.2, 0.25) is 5.91 Å². The van der Waals surface area contributed by atoms with E-state index in [0.717, 1.165) is 17.0 Å². The summed E-state index contributed by atoms with van der Waals surface area (Å²) in [4.78, 5) is 24.5. The van der Waals surface area contributed by atoms with Gasteiger partial charge in [0.05, 0.1) is 17.7 Å². The minimum atomic E-state index is -0.324. The lowest BCUT2D eigenvalue weighted by Gasteiger charge is -2.18. The Morgan fingerprint density at radius 3 is 2.68 bits per heavy atom. The lowest BCUT2D eigenvalue weighted by Crippen LogP contribution is -2.47. The van der Waals surface area contributed by atoms with Crippen molar-refractivity contribution in [3.05, 3.63) is 53.3 Å². The highest BCUT2D eigenvalue weighted by atomic mass is 16.2. The second-order valence-corrected chi connectivity index (χ2v) is 6.14. The molecule has 2 amide bonds. The molecule has 2 atom stereocenters. The van der Waals surface area contributed by atoms with Crippen molar-refractivity contribution in [1.29, 1.82) is 0 Å². The first-order valence-corrected chi connectivity index (χ1v) is 8.17. The first kappa shape index (κ1) is 17.1. The van der Waals surface area contributed by atoms with Gasteiger partial charge in [0.25, 0.3) is 5.91 Å². The van der Waals surface area contributed by atoms with Crippen LogP contribution in [0.5, 0.6) is 0 Å². The zero-order chi connectivity index (χ0) is 17.8. The Bertz CT molecular complexity index is 758. The highest BCUT2D eigenvalue weighted by molar-refractivity contribution is 5.84. The minimum Gasteiger partial charge on any atom is -0.273 e. The van der Waals surface area contributed by atoms with Gasteiger partial charge < -0.3 is 0 Å². The minimum absolute atomic E-state index is 0.0588. The summed E-state index contributed by atoms with van der Waals surface area (Å²) in [6, 6.07) is 11.5. The number of rotatable bonds is 4. The molecular weight excluding hydrogens is 320 g/mol. The topological polar surface area (TPSA) is 100 Å². The second kappa shape index (κ2) is 7.45. The van der Waals surface area contributed by atoms with E-state index in [0.29, 0.717) is 6.54 Å². The summed E-state index contributed by atoms with van der Waals surface area (Å²) in [6.07, 6.45) is 0. The van der Waals surface area contributed by atoms with Gasteiger partial charge >= 0.3 is 0 Å². The monoisotopic (exact) mass is 342 g/mol. The summed E-state index contributed by atoms with van der Waals surface area (Å²) in [5, 5.41) is 4.23. The van der Waals surface area contributed by atoms with Gasteiger partial charge in [-0.3, -0.25) is 30.5 Å². The molecule has 1 aromatic carbocycles. The third-order valence-electron chi connectivity index (χ3n) is 4.20. The molecule has 2 unspecified atom stereocenters. The van der Waals surface area contributed by atoms with Crippen molar-refractivity contribution < 1.29 is 9.59 Å². The third kappa shape index (κ3) is 4.04. The van der Waals surface area contributed by atoms with Crippen molar-refractivity contribution in [2.45, 2.75) is 26.4 Å². The summed E-state index contributed by atoms with van der Waals surface area (Å²) >= 11 is 0. The van der Waals surface area contributed by atoms with Gasteiger partial charge in [0.1, 0.15) is 6.54 Å². The number of hydrogen-bond donors (Lipinski definition) is 4. The van der Waals surface area contributed by atoms with Crippen LogP contribution in [0.25, 0.3) is 0 Å². The maximum atomic E-state index is 12.4. The van der Waals surface area contributed by atoms with Gasteiger partial charge in [0.15, 0.2) is 0 Å². The molecule has 0 aliphatic carbocycles. The molecule has 1 aliphatic rings. The van der Waals surface area contributed by atoms with Crippen LogP contribution in [0.4, 0.5) is 0 Å². The van der Waals surface area contributed by atoms with E-state index in [4.69, 9.17) is 0 Å². The van der Waals surface area contributed by atoms with Crippen molar-refractivity contribution in [2.75, 3.05) is 6.54 Å².